The molecule has 126 valence electrons. The van der Waals surface area contributed by atoms with Gasteiger partial charge >= 0.3 is 0 Å². The van der Waals surface area contributed by atoms with Gasteiger partial charge in [0.25, 0.3) is 0 Å². The van der Waals surface area contributed by atoms with E-state index in [1.54, 1.807) is 25.3 Å². The van der Waals surface area contributed by atoms with E-state index >= 15 is 0 Å². The molecule has 1 heterocycles. The molecule has 3 aromatic rings. The topological polar surface area (TPSA) is 42.0 Å². The van der Waals surface area contributed by atoms with Gasteiger partial charge in [0.1, 0.15) is 5.82 Å². The molecule has 0 aliphatic carbocycles. The fourth-order valence-electron chi connectivity index (χ4n) is 2.65. The summed E-state index contributed by atoms with van der Waals surface area (Å²) in [5.74, 6) is -0.939. The van der Waals surface area contributed by atoms with E-state index in [4.69, 9.17) is 0 Å². The maximum absolute atomic E-state index is 13.3. The third-order valence-electron chi connectivity index (χ3n) is 4.12. The molecule has 2 aromatic carbocycles. The van der Waals surface area contributed by atoms with Gasteiger partial charge in [-0.25, -0.2) is 4.39 Å². The van der Waals surface area contributed by atoms with Crippen molar-refractivity contribution in [3.63, 3.8) is 0 Å². The molecule has 1 N–H and O–H groups in total. The van der Waals surface area contributed by atoms with Crippen LogP contribution in [0.3, 0.4) is 0 Å². The number of amides is 1. The van der Waals surface area contributed by atoms with Crippen molar-refractivity contribution in [1.29, 1.82) is 0 Å². The van der Waals surface area contributed by atoms with Crippen LogP contribution in [0.1, 0.15) is 24.1 Å². The lowest BCUT2D eigenvalue weighted by Crippen LogP contribution is -2.18. The van der Waals surface area contributed by atoms with Crippen LogP contribution in [0.2, 0.25) is 0 Å². The summed E-state index contributed by atoms with van der Waals surface area (Å²) in [7, 11) is 0. The predicted molar refractivity (Wildman–Crippen MR) is 97.9 cm³/mol. The standard InChI is InChI=1S/C21H19FN2O/c1-14-12-18(10-11-23-14)16-6-8-20(9-7-16)24-21(25)15(2)17-4-3-5-19(22)13-17/h3-13,15H,1-2H3,(H,24,25)/t15-/m0/s1. The molecule has 0 fully saturated rings. The van der Waals surface area contributed by atoms with Gasteiger partial charge in [-0.1, -0.05) is 24.3 Å². The molecule has 0 radical (unpaired) electrons. The van der Waals surface area contributed by atoms with Gasteiger partial charge in [0.2, 0.25) is 5.91 Å². The Labute approximate surface area is 146 Å². The summed E-state index contributed by atoms with van der Waals surface area (Å²) in [5, 5.41) is 2.88. The third-order valence-corrected chi connectivity index (χ3v) is 4.12. The van der Waals surface area contributed by atoms with Crippen LogP contribution < -0.4 is 5.32 Å². The van der Waals surface area contributed by atoms with Gasteiger partial charge in [0.15, 0.2) is 0 Å². The first-order valence-corrected chi connectivity index (χ1v) is 8.12. The van der Waals surface area contributed by atoms with Gasteiger partial charge in [-0.2, -0.15) is 0 Å². The lowest BCUT2D eigenvalue weighted by Gasteiger charge is -2.13. The first-order chi connectivity index (χ1) is 12.0. The van der Waals surface area contributed by atoms with E-state index in [0.29, 0.717) is 11.3 Å². The first kappa shape index (κ1) is 16.8. The van der Waals surface area contributed by atoms with Gasteiger partial charge in [-0.3, -0.25) is 9.78 Å². The maximum atomic E-state index is 13.3. The van der Waals surface area contributed by atoms with E-state index in [2.05, 4.69) is 10.3 Å². The summed E-state index contributed by atoms with van der Waals surface area (Å²) in [6.07, 6.45) is 1.78. The number of rotatable bonds is 4. The summed E-state index contributed by atoms with van der Waals surface area (Å²) >= 11 is 0. The van der Waals surface area contributed by atoms with E-state index in [-0.39, 0.29) is 11.7 Å². The molecule has 1 aromatic heterocycles. The van der Waals surface area contributed by atoms with Crippen LogP contribution in [-0.4, -0.2) is 10.9 Å². The normalized spacial score (nSPS) is 11.8. The van der Waals surface area contributed by atoms with E-state index in [9.17, 15) is 9.18 Å². The predicted octanol–water partition coefficient (Wildman–Crippen LogP) is 4.94. The van der Waals surface area contributed by atoms with E-state index in [1.165, 1.54) is 12.1 Å². The molecule has 0 spiro atoms. The summed E-state index contributed by atoms with van der Waals surface area (Å²) in [6.45, 7) is 3.71. The second kappa shape index (κ2) is 7.26. The molecule has 4 heteroatoms. The quantitative estimate of drug-likeness (QED) is 0.734. The molecule has 1 atom stereocenters. The number of halogens is 1. The number of aromatic nitrogens is 1. The van der Waals surface area contributed by atoms with E-state index in [1.807, 2.05) is 43.3 Å². The lowest BCUT2D eigenvalue weighted by molar-refractivity contribution is -0.117. The Morgan fingerprint density at radius 1 is 1.04 bits per heavy atom. The number of nitrogens with one attached hydrogen (secondary N) is 1. The summed E-state index contributed by atoms with van der Waals surface area (Å²) < 4.78 is 13.3. The largest absolute Gasteiger partial charge is 0.326 e. The highest BCUT2D eigenvalue weighted by molar-refractivity contribution is 5.95. The Hall–Kier alpha value is -3.01. The number of benzene rings is 2. The third kappa shape index (κ3) is 4.10. The average Bonchev–Trinajstić information content (AvgIpc) is 2.61. The van der Waals surface area contributed by atoms with Gasteiger partial charge in [0, 0.05) is 17.6 Å². The molecular weight excluding hydrogens is 315 g/mol. The lowest BCUT2D eigenvalue weighted by atomic mass is 10.00. The molecule has 3 nitrogen and oxygen atoms in total. The zero-order valence-corrected chi connectivity index (χ0v) is 14.2. The number of carbonyl (C=O) groups excluding carboxylic acids is 1. The number of hydrogen-bond acceptors (Lipinski definition) is 2. The highest BCUT2D eigenvalue weighted by atomic mass is 19.1. The molecule has 0 saturated heterocycles. The molecular formula is C21H19FN2O. The summed E-state index contributed by atoms with van der Waals surface area (Å²) in [6, 6.07) is 17.7. The van der Waals surface area contributed by atoms with Crippen molar-refractivity contribution in [1.82, 2.24) is 4.98 Å². The number of aryl methyl sites for hydroxylation is 1. The fraction of sp³-hybridized carbons (Fsp3) is 0.143. The van der Waals surface area contributed by atoms with E-state index < -0.39 is 5.92 Å². The zero-order valence-electron chi connectivity index (χ0n) is 14.2. The highest BCUT2D eigenvalue weighted by Crippen LogP contribution is 2.23. The minimum atomic E-state index is -0.432. The molecule has 0 saturated carbocycles. The number of anilines is 1. The molecule has 3 rings (SSSR count). The first-order valence-electron chi connectivity index (χ1n) is 8.12. The minimum absolute atomic E-state index is 0.168. The minimum Gasteiger partial charge on any atom is -0.326 e. The van der Waals surface area contributed by atoms with Crippen molar-refractivity contribution in [3.05, 3.63) is 83.9 Å². The number of carbonyl (C=O) groups is 1. The van der Waals surface area contributed by atoms with Crippen molar-refractivity contribution >= 4 is 11.6 Å². The monoisotopic (exact) mass is 334 g/mol. The van der Waals surface area contributed by atoms with Crippen molar-refractivity contribution in [2.45, 2.75) is 19.8 Å². The Morgan fingerprint density at radius 2 is 1.80 bits per heavy atom. The highest BCUT2D eigenvalue weighted by Gasteiger charge is 2.15. The summed E-state index contributed by atoms with van der Waals surface area (Å²) in [5.41, 5.74) is 4.46. The van der Waals surface area contributed by atoms with Crippen LogP contribution in [0.4, 0.5) is 10.1 Å². The Bertz CT molecular complexity index is 890. The second-order valence-corrected chi connectivity index (χ2v) is 6.03. The van der Waals surface area contributed by atoms with E-state index in [0.717, 1.165) is 16.8 Å². The molecule has 25 heavy (non-hydrogen) atoms. The van der Waals surface area contributed by atoms with Crippen molar-refractivity contribution < 1.29 is 9.18 Å². The van der Waals surface area contributed by atoms with Gasteiger partial charge in [-0.15, -0.1) is 0 Å². The van der Waals surface area contributed by atoms with Gasteiger partial charge in [0.05, 0.1) is 5.92 Å². The van der Waals surface area contributed by atoms with Crippen LogP contribution in [0.25, 0.3) is 11.1 Å². The Balaban J connectivity index is 1.72. The van der Waals surface area contributed by atoms with Crippen LogP contribution >= 0.6 is 0 Å². The molecule has 1 amide bonds. The Kier molecular flexibility index (Phi) is 4.89. The average molecular weight is 334 g/mol. The smallest absolute Gasteiger partial charge is 0.231 e. The van der Waals surface area contributed by atoms with Crippen LogP contribution in [0.15, 0.2) is 66.9 Å². The van der Waals surface area contributed by atoms with Gasteiger partial charge < -0.3 is 5.32 Å². The number of nitrogens with zero attached hydrogens (tertiary/aromatic N) is 1. The van der Waals surface area contributed by atoms with Gasteiger partial charge in [-0.05, 0) is 66.9 Å². The van der Waals surface area contributed by atoms with Crippen LogP contribution in [0, 0.1) is 12.7 Å². The zero-order chi connectivity index (χ0) is 17.8. The summed E-state index contributed by atoms with van der Waals surface area (Å²) in [4.78, 5) is 16.6. The number of pyridine rings is 1. The van der Waals surface area contributed by atoms with Crippen LogP contribution in [-0.2, 0) is 4.79 Å². The molecule has 0 unspecified atom stereocenters. The SMILES string of the molecule is Cc1cc(-c2ccc(NC(=O)[C@@H](C)c3cccc(F)c3)cc2)ccn1. The molecule has 0 aliphatic heterocycles. The molecule has 0 bridgehead atoms. The van der Waals surface area contributed by atoms with Crippen molar-refractivity contribution in [2.24, 2.45) is 0 Å². The fourth-order valence-corrected chi connectivity index (χ4v) is 2.65. The van der Waals surface area contributed by atoms with Crippen LogP contribution in [0.5, 0.6) is 0 Å². The second-order valence-electron chi connectivity index (χ2n) is 6.03. The molecule has 0 aliphatic rings. The Morgan fingerprint density at radius 3 is 2.48 bits per heavy atom. The maximum Gasteiger partial charge on any atom is 0.231 e. The van der Waals surface area contributed by atoms with Crippen molar-refractivity contribution in [2.75, 3.05) is 5.32 Å². The number of hydrogen-bond donors (Lipinski definition) is 1. The van der Waals surface area contributed by atoms with Crippen molar-refractivity contribution in [3.8, 4) is 11.1 Å².